The van der Waals surface area contributed by atoms with E-state index in [1.54, 1.807) is 14.2 Å². The van der Waals surface area contributed by atoms with Crippen molar-refractivity contribution in [2.24, 2.45) is 10.9 Å². The van der Waals surface area contributed by atoms with Crippen LogP contribution in [0, 0.1) is 5.92 Å². The number of esters is 1. The fraction of sp³-hybridized carbons (Fsp3) is 0.579. The molecule has 1 atom stereocenters. The van der Waals surface area contributed by atoms with Crippen LogP contribution in [0.15, 0.2) is 17.1 Å². The number of carbonyl (C=O) groups is 1. The van der Waals surface area contributed by atoms with E-state index >= 15 is 0 Å². The first kappa shape index (κ1) is 16.8. The Labute approximate surface area is 143 Å². The van der Waals surface area contributed by atoms with Crippen LogP contribution in [0.3, 0.4) is 0 Å². The van der Waals surface area contributed by atoms with Crippen molar-refractivity contribution >= 4 is 11.7 Å². The number of hydrogen-bond donors (Lipinski definition) is 0. The van der Waals surface area contributed by atoms with Crippen LogP contribution in [0.2, 0.25) is 0 Å². The first-order valence-electron chi connectivity index (χ1n) is 8.58. The topological polar surface area (TPSA) is 57.1 Å². The van der Waals surface area contributed by atoms with Gasteiger partial charge in [-0.2, -0.15) is 0 Å². The van der Waals surface area contributed by atoms with Crippen molar-refractivity contribution in [2.45, 2.75) is 44.6 Å². The molecule has 1 aliphatic carbocycles. The van der Waals surface area contributed by atoms with E-state index in [1.165, 1.54) is 26.4 Å². The summed E-state index contributed by atoms with van der Waals surface area (Å²) in [4.78, 5) is 16.9. The number of rotatable bonds is 4. The minimum atomic E-state index is -0.461. The molecule has 1 heterocycles. The van der Waals surface area contributed by atoms with Gasteiger partial charge < -0.3 is 14.2 Å². The molecule has 130 valence electrons. The van der Waals surface area contributed by atoms with Crippen LogP contribution < -0.4 is 9.47 Å². The monoisotopic (exact) mass is 331 g/mol. The van der Waals surface area contributed by atoms with Gasteiger partial charge in [-0.05, 0) is 30.5 Å². The average Bonchev–Trinajstić information content (AvgIpc) is 2.65. The van der Waals surface area contributed by atoms with Gasteiger partial charge in [0.25, 0.3) is 0 Å². The summed E-state index contributed by atoms with van der Waals surface area (Å²) in [7, 11) is 4.69. The van der Waals surface area contributed by atoms with Crippen LogP contribution in [0.25, 0.3) is 0 Å². The highest BCUT2D eigenvalue weighted by atomic mass is 16.5. The van der Waals surface area contributed by atoms with E-state index in [1.807, 2.05) is 12.1 Å². The smallest absolute Gasteiger partial charge is 0.330 e. The van der Waals surface area contributed by atoms with Gasteiger partial charge in [0, 0.05) is 23.6 Å². The van der Waals surface area contributed by atoms with Crippen molar-refractivity contribution in [1.82, 2.24) is 0 Å². The van der Waals surface area contributed by atoms with Crippen LogP contribution in [0.1, 0.15) is 43.2 Å². The molecule has 0 saturated heterocycles. The second-order valence-electron chi connectivity index (χ2n) is 6.46. The van der Waals surface area contributed by atoms with E-state index in [0.717, 1.165) is 29.7 Å². The summed E-state index contributed by atoms with van der Waals surface area (Å²) in [6.45, 7) is 0. The van der Waals surface area contributed by atoms with Gasteiger partial charge in [0.05, 0.1) is 21.3 Å². The highest BCUT2D eigenvalue weighted by Crippen LogP contribution is 2.37. The number of benzene rings is 1. The molecule has 5 nitrogen and oxygen atoms in total. The summed E-state index contributed by atoms with van der Waals surface area (Å²) in [6, 6.07) is 3.52. The number of nitrogens with zero attached hydrogens (tertiary/aromatic N) is 1. The molecular weight excluding hydrogens is 306 g/mol. The van der Waals surface area contributed by atoms with Crippen LogP contribution in [0.4, 0.5) is 0 Å². The maximum atomic E-state index is 12.1. The highest BCUT2D eigenvalue weighted by molar-refractivity contribution is 6.06. The Morgan fingerprint density at radius 2 is 1.71 bits per heavy atom. The standard InChI is InChI=1S/C19H25NO4/c1-22-16-10-13-9-15(19(21)24-3)20-18(12-7-5-4-6-8-12)14(13)11-17(16)23-2/h10-12,15H,4-9H2,1-3H3/t15-/m1/s1. The molecular formula is C19H25NO4. The number of methoxy groups -OCH3 is 3. The van der Waals surface area contributed by atoms with Crippen molar-refractivity contribution in [3.8, 4) is 11.5 Å². The van der Waals surface area contributed by atoms with E-state index < -0.39 is 6.04 Å². The summed E-state index contributed by atoms with van der Waals surface area (Å²) in [5.74, 6) is 1.52. The van der Waals surface area contributed by atoms with Crippen molar-refractivity contribution in [3.63, 3.8) is 0 Å². The fourth-order valence-electron chi connectivity index (χ4n) is 3.79. The van der Waals surface area contributed by atoms with Crippen LogP contribution in [0.5, 0.6) is 11.5 Å². The van der Waals surface area contributed by atoms with Gasteiger partial charge in [-0.25, -0.2) is 4.79 Å². The Hall–Kier alpha value is -2.04. The third-order valence-electron chi connectivity index (χ3n) is 5.06. The van der Waals surface area contributed by atoms with Gasteiger partial charge in [-0.3, -0.25) is 4.99 Å². The van der Waals surface area contributed by atoms with E-state index in [4.69, 9.17) is 19.2 Å². The zero-order chi connectivity index (χ0) is 17.1. The Kier molecular flexibility index (Phi) is 5.07. The Morgan fingerprint density at radius 1 is 1.04 bits per heavy atom. The molecule has 1 aromatic carbocycles. The molecule has 24 heavy (non-hydrogen) atoms. The summed E-state index contributed by atoms with van der Waals surface area (Å²) >= 11 is 0. The van der Waals surface area contributed by atoms with Gasteiger partial charge in [0.2, 0.25) is 0 Å². The van der Waals surface area contributed by atoms with Crippen molar-refractivity contribution < 1.29 is 19.0 Å². The second-order valence-corrected chi connectivity index (χ2v) is 6.46. The van der Waals surface area contributed by atoms with E-state index in [2.05, 4.69) is 0 Å². The van der Waals surface area contributed by atoms with Crippen LogP contribution >= 0.6 is 0 Å². The highest BCUT2D eigenvalue weighted by Gasteiger charge is 2.32. The minimum absolute atomic E-state index is 0.274. The van der Waals surface area contributed by atoms with Crippen LogP contribution in [-0.4, -0.2) is 39.1 Å². The zero-order valence-corrected chi connectivity index (χ0v) is 14.6. The van der Waals surface area contributed by atoms with Gasteiger partial charge >= 0.3 is 5.97 Å². The number of carbonyl (C=O) groups excluding carboxylic acids is 1. The minimum Gasteiger partial charge on any atom is -0.493 e. The largest absolute Gasteiger partial charge is 0.493 e. The molecule has 3 rings (SSSR count). The Balaban J connectivity index is 2.06. The lowest BCUT2D eigenvalue weighted by Gasteiger charge is -2.30. The first-order valence-corrected chi connectivity index (χ1v) is 8.58. The first-order chi connectivity index (χ1) is 11.7. The molecule has 1 aliphatic heterocycles. The third kappa shape index (κ3) is 3.12. The normalized spacial score (nSPS) is 20.8. The molecule has 0 aromatic heterocycles. The van der Waals surface area contributed by atoms with Crippen LogP contribution in [-0.2, 0) is 16.0 Å². The maximum absolute atomic E-state index is 12.1. The average molecular weight is 331 g/mol. The number of hydrogen-bond acceptors (Lipinski definition) is 5. The van der Waals surface area contributed by atoms with Crippen molar-refractivity contribution in [2.75, 3.05) is 21.3 Å². The lowest BCUT2D eigenvalue weighted by Crippen LogP contribution is -2.32. The fourth-order valence-corrected chi connectivity index (χ4v) is 3.79. The summed E-state index contributed by atoms with van der Waals surface area (Å²) in [5, 5.41) is 0. The summed E-state index contributed by atoms with van der Waals surface area (Å²) in [5.41, 5.74) is 3.21. The van der Waals surface area contributed by atoms with E-state index in [0.29, 0.717) is 23.8 Å². The van der Waals surface area contributed by atoms with Gasteiger partial charge in [0.15, 0.2) is 17.5 Å². The zero-order valence-electron chi connectivity index (χ0n) is 14.6. The molecule has 5 heteroatoms. The number of aliphatic imine (C=N–C) groups is 1. The number of ether oxygens (including phenoxy) is 3. The Morgan fingerprint density at radius 3 is 2.33 bits per heavy atom. The van der Waals surface area contributed by atoms with E-state index in [9.17, 15) is 4.79 Å². The molecule has 1 fully saturated rings. The predicted molar refractivity (Wildman–Crippen MR) is 92.2 cm³/mol. The van der Waals surface area contributed by atoms with Crippen molar-refractivity contribution in [1.29, 1.82) is 0 Å². The quantitative estimate of drug-likeness (QED) is 0.795. The lowest BCUT2D eigenvalue weighted by molar-refractivity contribution is -0.142. The Bertz CT molecular complexity index is 647. The summed E-state index contributed by atoms with van der Waals surface area (Å²) in [6.07, 6.45) is 6.51. The molecule has 0 unspecified atom stereocenters. The molecule has 0 spiro atoms. The summed E-state index contributed by atoms with van der Waals surface area (Å²) < 4.78 is 15.8. The maximum Gasteiger partial charge on any atom is 0.330 e. The molecule has 1 saturated carbocycles. The predicted octanol–water partition coefficient (Wildman–Crippen LogP) is 3.17. The third-order valence-corrected chi connectivity index (χ3v) is 5.06. The lowest BCUT2D eigenvalue weighted by atomic mass is 9.79. The molecule has 2 aliphatic rings. The van der Waals surface area contributed by atoms with Gasteiger partial charge in [-0.1, -0.05) is 19.3 Å². The second kappa shape index (κ2) is 7.24. The molecule has 0 N–H and O–H groups in total. The SMILES string of the molecule is COC(=O)[C@H]1Cc2cc(OC)c(OC)cc2C(C2CCCCC2)=N1. The number of fused-ring (bicyclic) bond motifs is 1. The molecule has 0 amide bonds. The molecule has 0 radical (unpaired) electrons. The molecule has 0 bridgehead atoms. The molecule has 1 aromatic rings. The van der Waals surface area contributed by atoms with Gasteiger partial charge in [-0.15, -0.1) is 0 Å². The van der Waals surface area contributed by atoms with Crippen molar-refractivity contribution in [3.05, 3.63) is 23.3 Å². The van der Waals surface area contributed by atoms with E-state index in [-0.39, 0.29) is 5.97 Å². The van der Waals surface area contributed by atoms with Gasteiger partial charge in [0.1, 0.15) is 0 Å².